The van der Waals surface area contributed by atoms with Crippen LogP contribution < -0.4 is 5.32 Å². The minimum atomic E-state index is -3.41. The van der Waals surface area contributed by atoms with E-state index in [1.54, 1.807) is 46.8 Å². The SMILES string of the molecule is CC(C)(C)OC(=O)NC(Cc1cc(F)cc(F)c1)c1nc(C#CC(C)(C)S(=O)(=O)C2CC2)ccc1Br. The lowest BCUT2D eigenvalue weighted by Gasteiger charge is -2.24. The molecule has 1 saturated carbocycles. The predicted octanol–water partition coefficient (Wildman–Crippen LogP) is 5.64. The van der Waals surface area contributed by atoms with Crippen LogP contribution >= 0.6 is 15.9 Å². The fraction of sp³-hybridized carbons (Fsp3) is 0.462. The Morgan fingerprint density at radius 3 is 2.33 bits per heavy atom. The Bertz CT molecular complexity index is 1300. The van der Waals surface area contributed by atoms with E-state index in [4.69, 9.17) is 4.74 Å². The smallest absolute Gasteiger partial charge is 0.408 e. The summed E-state index contributed by atoms with van der Waals surface area (Å²) >= 11 is 3.43. The number of benzene rings is 1. The Morgan fingerprint density at radius 2 is 1.78 bits per heavy atom. The summed E-state index contributed by atoms with van der Waals surface area (Å²) in [4.78, 5) is 17.1. The Morgan fingerprint density at radius 1 is 1.17 bits per heavy atom. The largest absolute Gasteiger partial charge is 0.444 e. The molecule has 194 valence electrons. The first-order chi connectivity index (χ1) is 16.6. The van der Waals surface area contributed by atoms with Crippen LogP contribution in [-0.4, -0.2) is 35.1 Å². The fourth-order valence-electron chi connectivity index (χ4n) is 3.48. The minimum Gasteiger partial charge on any atom is -0.444 e. The average Bonchev–Trinajstić information content (AvgIpc) is 3.56. The summed E-state index contributed by atoms with van der Waals surface area (Å²) in [6.45, 7) is 8.28. The van der Waals surface area contributed by atoms with Crippen LogP contribution in [0.2, 0.25) is 0 Å². The zero-order valence-corrected chi connectivity index (χ0v) is 23.2. The zero-order valence-electron chi connectivity index (χ0n) is 20.8. The van der Waals surface area contributed by atoms with E-state index in [0.29, 0.717) is 28.6 Å². The molecule has 1 fully saturated rings. The molecule has 1 N–H and O–H groups in total. The lowest BCUT2D eigenvalue weighted by molar-refractivity contribution is 0.0502. The number of halogens is 3. The highest BCUT2D eigenvalue weighted by atomic mass is 79.9. The maximum Gasteiger partial charge on any atom is 0.408 e. The zero-order chi connectivity index (χ0) is 26.9. The van der Waals surface area contributed by atoms with Crippen molar-refractivity contribution in [3.63, 3.8) is 0 Å². The van der Waals surface area contributed by atoms with Gasteiger partial charge in [0.2, 0.25) is 0 Å². The molecule has 10 heteroatoms. The highest BCUT2D eigenvalue weighted by Crippen LogP contribution is 2.35. The number of alkyl carbamates (subject to hydrolysis) is 1. The second kappa shape index (κ2) is 10.5. The Labute approximate surface area is 219 Å². The summed E-state index contributed by atoms with van der Waals surface area (Å²) in [5, 5.41) is 2.37. The molecule has 36 heavy (non-hydrogen) atoms. The van der Waals surface area contributed by atoms with Gasteiger partial charge in [-0.3, -0.25) is 0 Å². The van der Waals surface area contributed by atoms with Gasteiger partial charge in [-0.05, 0) is 106 Å². The van der Waals surface area contributed by atoms with Crippen LogP contribution in [0.25, 0.3) is 0 Å². The number of sulfone groups is 1. The number of hydrogen-bond donors (Lipinski definition) is 1. The quantitative estimate of drug-likeness (QED) is 0.445. The van der Waals surface area contributed by atoms with E-state index >= 15 is 0 Å². The van der Waals surface area contributed by atoms with Crippen LogP contribution in [0.3, 0.4) is 0 Å². The van der Waals surface area contributed by atoms with Crippen LogP contribution in [-0.2, 0) is 21.0 Å². The predicted molar refractivity (Wildman–Crippen MR) is 137 cm³/mol. The number of aromatic nitrogens is 1. The molecule has 0 spiro atoms. The van der Waals surface area contributed by atoms with Gasteiger partial charge in [-0.2, -0.15) is 0 Å². The number of amides is 1. The van der Waals surface area contributed by atoms with Crippen LogP contribution in [0, 0.1) is 23.5 Å². The van der Waals surface area contributed by atoms with Crippen molar-refractivity contribution >= 4 is 31.9 Å². The van der Waals surface area contributed by atoms with Gasteiger partial charge in [0.05, 0.1) is 17.0 Å². The van der Waals surface area contributed by atoms with Crippen molar-refractivity contribution in [3.8, 4) is 11.8 Å². The Balaban J connectivity index is 1.97. The van der Waals surface area contributed by atoms with Crippen LogP contribution in [0.4, 0.5) is 13.6 Å². The monoisotopic (exact) mass is 582 g/mol. The molecular formula is C26H29BrF2N2O4S. The third-order valence-corrected chi connectivity index (χ3v) is 8.97. The van der Waals surface area contributed by atoms with Gasteiger partial charge in [-0.15, -0.1) is 0 Å². The molecule has 0 bridgehead atoms. The van der Waals surface area contributed by atoms with Crippen molar-refractivity contribution < 1.29 is 26.7 Å². The van der Waals surface area contributed by atoms with E-state index in [0.717, 1.165) is 6.07 Å². The van der Waals surface area contributed by atoms with Gasteiger partial charge in [-0.25, -0.2) is 27.0 Å². The highest BCUT2D eigenvalue weighted by molar-refractivity contribution is 9.10. The van der Waals surface area contributed by atoms with E-state index in [1.807, 2.05) is 0 Å². The highest BCUT2D eigenvalue weighted by Gasteiger charge is 2.45. The van der Waals surface area contributed by atoms with E-state index in [9.17, 15) is 22.0 Å². The third kappa shape index (κ3) is 7.26. The van der Waals surface area contributed by atoms with Gasteiger partial charge in [0.1, 0.15) is 27.7 Å². The van der Waals surface area contributed by atoms with Gasteiger partial charge >= 0.3 is 6.09 Å². The van der Waals surface area contributed by atoms with E-state index in [-0.39, 0.29) is 17.4 Å². The summed E-state index contributed by atoms with van der Waals surface area (Å²) in [7, 11) is -3.41. The number of ether oxygens (including phenoxy) is 1. The summed E-state index contributed by atoms with van der Waals surface area (Å²) < 4.78 is 57.7. The standard InChI is InChI=1S/C26H29BrF2N2O4S/c1-25(2,3)35-24(32)31-22(14-16-12-17(28)15-18(29)13-16)23-21(27)9-6-19(30-23)10-11-26(4,5)36(33,34)20-7-8-20/h6,9,12-13,15,20,22H,7-8,14H2,1-5H3,(H,31,32). The molecule has 1 atom stereocenters. The molecule has 0 saturated heterocycles. The molecule has 0 radical (unpaired) electrons. The fourth-order valence-corrected chi connectivity index (χ4v) is 5.76. The van der Waals surface area contributed by atoms with Gasteiger partial charge in [0.25, 0.3) is 0 Å². The number of pyridine rings is 1. The minimum absolute atomic E-state index is 0.0119. The number of carbonyl (C=O) groups excluding carboxylic acids is 1. The first kappa shape index (κ1) is 28.1. The van der Waals surface area contributed by atoms with Gasteiger partial charge < -0.3 is 10.1 Å². The van der Waals surface area contributed by atoms with Gasteiger partial charge in [-0.1, -0.05) is 5.92 Å². The lowest BCUT2D eigenvalue weighted by Crippen LogP contribution is -2.36. The Hall–Kier alpha value is -2.51. The van der Waals surface area contributed by atoms with Crippen molar-refractivity contribution in [2.75, 3.05) is 0 Å². The van der Waals surface area contributed by atoms with Crippen LogP contribution in [0.15, 0.2) is 34.8 Å². The van der Waals surface area contributed by atoms with Crippen molar-refractivity contribution in [3.05, 3.63) is 63.4 Å². The first-order valence-electron chi connectivity index (χ1n) is 11.4. The topological polar surface area (TPSA) is 85.4 Å². The van der Waals surface area contributed by atoms with Gasteiger partial charge in [0, 0.05) is 10.5 Å². The third-order valence-electron chi connectivity index (χ3n) is 5.42. The lowest BCUT2D eigenvalue weighted by atomic mass is 10.0. The summed E-state index contributed by atoms with van der Waals surface area (Å²) in [6.07, 6.45) is 0.573. The molecule has 1 heterocycles. The molecular weight excluding hydrogens is 554 g/mol. The maximum atomic E-state index is 13.8. The summed E-state index contributed by atoms with van der Waals surface area (Å²) in [6, 6.07) is 5.57. The number of nitrogens with zero attached hydrogens (tertiary/aromatic N) is 1. The van der Waals surface area contributed by atoms with Crippen LogP contribution in [0.5, 0.6) is 0 Å². The summed E-state index contributed by atoms with van der Waals surface area (Å²) in [5.41, 5.74) is 0.167. The molecule has 1 aromatic heterocycles. The van der Waals surface area contributed by atoms with Crippen molar-refractivity contribution in [1.82, 2.24) is 10.3 Å². The van der Waals surface area contributed by atoms with Crippen molar-refractivity contribution in [2.45, 2.75) is 75.5 Å². The van der Waals surface area contributed by atoms with Crippen molar-refractivity contribution in [1.29, 1.82) is 0 Å². The molecule has 1 aromatic carbocycles. The summed E-state index contributed by atoms with van der Waals surface area (Å²) in [5.74, 6) is 4.19. The number of rotatable bonds is 6. The number of nitrogens with one attached hydrogen (secondary N) is 1. The normalized spacial score (nSPS) is 15.0. The second-order valence-corrected chi connectivity index (χ2v) is 13.9. The molecule has 2 aromatic rings. The second-order valence-electron chi connectivity index (χ2n) is 10.2. The van der Waals surface area contributed by atoms with Crippen LogP contribution in [0.1, 0.15) is 70.5 Å². The average molecular weight is 583 g/mol. The molecule has 3 rings (SSSR count). The van der Waals surface area contributed by atoms with E-state index in [2.05, 4.69) is 38.1 Å². The van der Waals surface area contributed by atoms with E-state index in [1.165, 1.54) is 12.1 Å². The Kier molecular flexibility index (Phi) is 8.16. The van der Waals surface area contributed by atoms with Gasteiger partial charge in [0.15, 0.2) is 9.84 Å². The maximum absolute atomic E-state index is 13.8. The van der Waals surface area contributed by atoms with Crippen molar-refractivity contribution in [2.24, 2.45) is 0 Å². The van der Waals surface area contributed by atoms with E-state index < -0.39 is 44.0 Å². The molecule has 0 aliphatic heterocycles. The molecule has 1 amide bonds. The first-order valence-corrected chi connectivity index (χ1v) is 13.8. The number of hydrogen-bond acceptors (Lipinski definition) is 5. The molecule has 1 aliphatic rings. The molecule has 1 aliphatic carbocycles. The number of carbonyl (C=O) groups is 1. The molecule has 1 unspecified atom stereocenters. The molecule has 6 nitrogen and oxygen atoms in total.